The second-order valence-corrected chi connectivity index (χ2v) is 10.6. The molecular weight excluding hydrogens is 428 g/mol. The van der Waals surface area contributed by atoms with Gasteiger partial charge in [-0.3, -0.25) is 0 Å². The summed E-state index contributed by atoms with van der Waals surface area (Å²) in [6, 6.07) is 4.66. The van der Waals surface area contributed by atoms with Crippen molar-refractivity contribution in [1.29, 1.82) is 0 Å². The summed E-state index contributed by atoms with van der Waals surface area (Å²) in [6.07, 6.45) is 5.03. The van der Waals surface area contributed by atoms with Crippen LogP contribution in [0, 0.1) is 11.8 Å². The molecule has 0 fully saturated rings. The van der Waals surface area contributed by atoms with Gasteiger partial charge in [0.1, 0.15) is 23.4 Å². The summed E-state index contributed by atoms with van der Waals surface area (Å²) in [5, 5.41) is 0. The SMILES string of the molecule is COc1cc(OC)cc(C(NS(=O)(=O)N(CCC(C)C)CCC(C)C)c2nccn2C)c1. The fourth-order valence-electron chi connectivity index (χ4n) is 3.30. The van der Waals surface area contributed by atoms with Gasteiger partial charge in [0.25, 0.3) is 10.2 Å². The quantitative estimate of drug-likeness (QED) is 0.486. The van der Waals surface area contributed by atoms with E-state index in [2.05, 4.69) is 37.4 Å². The van der Waals surface area contributed by atoms with E-state index in [0.29, 0.717) is 47.8 Å². The summed E-state index contributed by atoms with van der Waals surface area (Å²) in [4.78, 5) is 4.43. The van der Waals surface area contributed by atoms with Gasteiger partial charge in [0.05, 0.1) is 14.2 Å². The normalized spacial score (nSPS) is 13.2. The number of aryl methyl sites for hydroxylation is 1. The smallest absolute Gasteiger partial charge is 0.280 e. The summed E-state index contributed by atoms with van der Waals surface area (Å²) in [5.74, 6) is 2.54. The summed E-state index contributed by atoms with van der Waals surface area (Å²) < 4.78 is 44.2. The van der Waals surface area contributed by atoms with E-state index in [4.69, 9.17) is 9.47 Å². The van der Waals surface area contributed by atoms with Crippen molar-refractivity contribution in [2.24, 2.45) is 18.9 Å². The molecule has 32 heavy (non-hydrogen) atoms. The van der Waals surface area contributed by atoms with E-state index in [1.165, 1.54) is 0 Å². The van der Waals surface area contributed by atoms with Crippen LogP contribution >= 0.6 is 0 Å². The summed E-state index contributed by atoms with van der Waals surface area (Å²) >= 11 is 0. The predicted molar refractivity (Wildman–Crippen MR) is 127 cm³/mol. The molecule has 0 saturated heterocycles. The fourth-order valence-corrected chi connectivity index (χ4v) is 4.68. The molecule has 1 heterocycles. The largest absolute Gasteiger partial charge is 0.497 e. The third-order valence-corrected chi connectivity index (χ3v) is 6.92. The summed E-state index contributed by atoms with van der Waals surface area (Å²) in [6.45, 7) is 9.32. The van der Waals surface area contributed by atoms with Gasteiger partial charge in [0.15, 0.2) is 0 Å². The van der Waals surface area contributed by atoms with Crippen LogP contribution in [0.25, 0.3) is 0 Å². The average molecular weight is 467 g/mol. The maximum Gasteiger partial charge on any atom is 0.280 e. The lowest BCUT2D eigenvalue weighted by Crippen LogP contribution is -2.44. The fraction of sp³-hybridized carbons (Fsp3) is 0.609. The molecule has 0 spiro atoms. The lowest BCUT2D eigenvalue weighted by molar-refractivity contribution is 0.349. The van der Waals surface area contributed by atoms with Crippen LogP contribution in [0.5, 0.6) is 11.5 Å². The van der Waals surface area contributed by atoms with Crippen LogP contribution in [0.15, 0.2) is 30.6 Å². The highest BCUT2D eigenvalue weighted by Crippen LogP contribution is 2.30. The minimum Gasteiger partial charge on any atom is -0.497 e. The zero-order chi connectivity index (χ0) is 23.9. The number of methoxy groups -OCH3 is 2. The van der Waals surface area contributed by atoms with Crippen LogP contribution in [0.1, 0.15) is 58.0 Å². The van der Waals surface area contributed by atoms with E-state index in [-0.39, 0.29) is 0 Å². The number of hydrogen-bond acceptors (Lipinski definition) is 5. The van der Waals surface area contributed by atoms with Crippen LogP contribution in [0.4, 0.5) is 0 Å². The van der Waals surface area contributed by atoms with Gasteiger partial charge in [-0.2, -0.15) is 17.4 Å². The van der Waals surface area contributed by atoms with Gasteiger partial charge in [-0.15, -0.1) is 0 Å². The minimum absolute atomic E-state index is 0.403. The van der Waals surface area contributed by atoms with Gasteiger partial charge in [0.2, 0.25) is 0 Å². The first kappa shape index (κ1) is 26.2. The molecule has 1 aromatic heterocycles. The Kier molecular flexibility index (Phi) is 9.54. The van der Waals surface area contributed by atoms with E-state index in [1.807, 2.05) is 11.6 Å². The Morgan fingerprint density at radius 2 is 1.53 bits per heavy atom. The third kappa shape index (κ3) is 7.21. The predicted octanol–water partition coefficient (Wildman–Crippen LogP) is 3.76. The monoisotopic (exact) mass is 466 g/mol. The molecule has 2 aromatic rings. The first-order chi connectivity index (χ1) is 15.1. The van der Waals surface area contributed by atoms with Crippen molar-refractivity contribution >= 4 is 10.2 Å². The molecule has 8 nitrogen and oxygen atoms in total. The minimum atomic E-state index is -3.79. The first-order valence-electron chi connectivity index (χ1n) is 11.0. The van der Waals surface area contributed by atoms with Crippen molar-refractivity contribution < 1.29 is 17.9 Å². The molecule has 1 unspecified atom stereocenters. The van der Waals surface area contributed by atoms with Crippen LogP contribution < -0.4 is 14.2 Å². The maximum atomic E-state index is 13.6. The lowest BCUT2D eigenvalue weighted by Gasteiger charge is -2.27. The van der Waals surface area contributed by atoms with E-state index in [0.717, 1.165) is 12.8 Å². The van der Waals surface area contributed by atoms with E-state index in [1.54, 1.807) is 49.1 Å². The maximum absolute atomic E-state index is 13.6. The van der Waals surface area contributed by atoms with Crippen molar-refractivity contribution in [2.45, 2.75) is 46.6 Å². The Hall–Kier alpha value is -2.10. The second-order valence-electron chi connectivity index (χ2n) is 8.86. The van der Waals surface area contributed by atoms with E-state index >= 15 is 0 Å². The molecular formula is C23H38N4O4S. The summed E-state index contributed by atoms with van der Waals surface area (Å²) in [7, 11) is 1.18. The van der Waals surface area contributed by atoms with Crippen molar-refractivity contribution in [3.8, 4) is 11.5 Å². The molecule has 0 aliphatic rings. The number of benzene rings is 1. The number of rotatable bonds is 13. The van der Waals surface area contributed by atoms with E-state index < -0.39 is 16.3 Å². The molecule has 0 saturated carbocycles. The van der Waals surface area contributed by atoms with Crippen molar-refractivity contribution in [3.05, 3.63) is 42.0 Å². The molecule has 1 aromatic carbocycles. The van der Waals surface area contributed by atoms with Gasteiger partial charge in [-0.05, 0) is 42.4 Å². The Morgan fingerprint density at radius 3 is 1.94 bits per heavy atom. The topological polar surface area (TPSA) is 85.7 Å². The highest BCUT2D eigenvalue weighted by atomic mass is 32.2. The van der Waals surface area contributed by atoms with Crippen LogP contribution in [0.3, 0.4) is 0 Å². The Bertz CT molecular complexity index is 922. The molecule has 2 rings (SSSR count). The van der Waals surface area contributed by atoms with E-state index in [9.17, 15) is 8.42 Å². The Balaban J connectivity index is 2.46. The van der Waals surface area contributed by atoms with Crippen LogP contribution in [-0.4, -0.2) is 49.6 Å². The van der Waals surface area contributed by atoms with Crippen molar-refractivity contribution in [1.82, 2.24) is 18.6 Å². The molecule has 9 heteroatoms. The molecule has 1 N–H and O–H groups in total. The van der Waals surface area contributed by atoms with Crippen LogP contribution in [0.2, 0.25) is 0 Å². The lowest BCUT2D eigenvalue weighted by atomic mass is 10.1. The highest BCUT2D eigenvalue weighted by molar-refractivity contribution is 7.87. The zero-order valence-electron chi connectivity index (χ0n) is 20.3. The highest BCUT2D eigenvalue weighted by Gasteiger charge is 2.30. The molecule has 0 bridgehead atoms. The average Bonchev–Trinajstić information content (AvgIpc) is 3.16. The standard InChI is InChI=1S/C23H38N4O4S/c1-17(2)8-11-27(12-9-18(3)4)32(28,29)25-22(23-24-10-13-26(23)5)19-14-20(30-6)16-21(15-19)31-7/h10,13-18,22,25H,8-9,11-12H2,1-7H3. The van der Waals surface area contributed by atoms with Gasteiger partial charge < -0.3 is 14.0 Å². The molecule has 180 valence electrons. The molecule has 0 aliphatic heterocycles. The number of hydrogen-bond donors (Lipinski definition) is 1. The number of nitrogens with one attached hydrogen (secondary N) is 1. The number of aromatic nitrogens is 2. The van der Waals surface area contributed by atoms with Gasteiger partial charge >= 0.3 is 0 Å². The van der Waals surface area contributed by atoms with Gasteiger partial charge in [0, 0.05) is 38.6 Å². The Labute approximate surface area is 193 Å². The number of ether oxygens (including phenoxy) is 2. The summed E-state index contributed by atoms with van der Waals surface area (Å²) in [5.41, 5.74) is 0.687. The molecule has 0 amide bonds. The third-order valence-electron chi connectivity index (χ3n) is 5.34. The molecule has 0 radical (unpaired) electrons. The first-order valence-corrected chi connectivity index (χ1v) is 12.5. The van der Waals surface area contributed by atoms with Gasteiger partial charge in [-0.25, -0.2) is 4.98 Å². The van der Waals surface area contributed by atoms with Crippen molar-refractivity contribution in [2.75, 3.05) is 27.3 Å². The van der Waals surface area contributed by atoms with Crippen molar-refractivity contribution in [3.63, 3.8) is 0 Å². The molecule has 0 aliphatic carbocycles. The molecule has 1 atom stereocenters. The Morgan fingerprint density at radius 1 is 1.00 bits per heavy atom. The van der Waals surface area contributed by atoms with Crippen LogP contribution in [-0.2, 0) is 17.3 Å². The zero-order valence-corrected chi connectivity index (χ0v) is 21.1. The number of imidazole rings is 1. The second kappa shape index (κ2) is 11.7. The number of nitrogens with zero attached hydrogens (tertiary/aromatic N) is 3. The van der Waals surface area contributed by atoms with Gasteiger partial charge in [-0.1, -0.05) is 27.7 Å².